The fourth-order valence-electron chi connectivity index (χ4n) is 2.60. The summed E-state index contributed by atoms with van der Waals surface area (Å²) >= 11 is 6.29. The molecule has 0 bridgehead atoms. The number of rotatable bonds is 6. The Balaban J connectivity index is 1.79. The standard InChI is InChI=1S/C19H22ClN7O/c1-11(2)19(28)27(4)15-8-13(5-6-14(15)20)22-17-9-21-10-18(24-17)23-16-7-12(3)25-26-16/h5-11H,1-4H3,(H3,22,23,24,25,26). The number of aromatic nitrogens is 4. The highest BCUT2D eigenvalue weighted by atomic mass is 35.5. The minimum Gasteiger partial charge on any atom is -0.339 e. The summed E-state index contributed by atoms with van der Waals surface area (Å²) in [5.74, 6) is 1.61. The fraction of sp³-hybridized carbons (Fsp3) is 0.263. The van der Waals surface area contributed by atoms with Gasteiger partial charge in [-0.3, -0.25) is 14.9 Å². The zero-order valence-corrected chi connectivity index (χ0v) is 16.9. The molecule has 0 saturated heterocycles. The normalized spacial score (nSPS) is 10.8. The number of carbonyl (C=O) groups excluding carboxylic acids is 1. The van der Waals surface area contributed by atoms with Gasteiger partial charge in [0.15, 0.2) is 17.5 Å². The number of H-pyrrole nitrogens is 1. The molecule has 2 aromatic heterocycles. The Bertz CT molecular complexity index is 986. The molecular weight excluding hydrogens is 378 g/mol. The van der Waals surface area contributed by atoms with E-state index in [2.05, 4.69) is 30.8 Å². The van der Waals surface area contributed by atoms with Gasteiger partial charge in [-0.15, -0.1) is 0 Å². The van der Waals surface area contributed by atoms with Gasteiger partial charge in [0.1, 0.15) is 0 Å². The van der Waals surface area contributed by atoms with Crippen LogP contribution >= 0.6 is 11.6 Å². The number of halogens is 1. The first-order chi connectivity index (χ1) is 13.3. The van der Waals surface area contributed by atoms with Crippen molar-refractivity contribution >= 4 is 46.3 Å². The number of anilines is 5. The van der Waals surface area contributed by atoms with Crippen molar-refractivity contribution in [1.82, 2.24) is 20.2 Å². The molecule has 0 radical (unpaired) electrons. The number of nitrogens with zero attached hydrogens (tertiary/aromatic N) is 4. The number of aromatic amines is 1. The van der Waals surface area contributed by atoms with Crippen LogP contribution in [0.1, 0.15) is 19.5 Å². The van der Waals surface area contributed by atoms with Crippen LogP contribution in [-0.2, 0) is 4.79 Å². The van der Waals surface area contributed by atoms with Crippen LogP contribution in [0.5, 0.6) is 0 Å². The highest BCUT2D eigenvalue weighted by Gasteiger charge is 2.17. The molecule has 0 spiro atoms. The van der Waals surface area contributed by atoms with E-state index in [4.69, 9.17) is 11.6 Å². The number of amides is 1. The molecule has 0 aliphatic carbocycles. The molecule has 0 atom stereocenters. The van der Waals surface area contributed by atoms with Crippen LogP contribution in [0, 0.1) is 12.8 Å². The van der Waals surface area contributed by atoms with E-state index in [1.54, 1.807) is 30.4 Å². The number of carbonyl (C=O) groups is 1. The minimum atomic E-state index is -0.128. The lowest BCUT2D eigenvalue weighted by molar-refractivity contribution is -0.121. The van der Waals surface area contributed by atoms with E-state index in [-0.39, 0.29) is 11.8 Å². The number of hydrogen-bond donors (Lipinski definition) is 3. The second-order valence-electron chi connectivity index (χ2n) is 6.69. The molecular formula is C19H22ClN7O. The lowest BCUT2D eigenvalue weighted by Gasteiger charge is -2.21. The van der Waals surface area contributed by atoms with Crippen molar-refractivity contribution in [1.29, 1.82) is 0 Å². The third-order valence-corrected chi connectivity index (χ3v) is 4.32. The van der Waals surface area contributed by atoms with Crippen LogP contribution in [0.3, 0.4) is 0 Å². The van der Waals surface area contributed by atoms with Gasteiger partial charge in [-0.2, -0.15) is 5.10 Å². The highest BCUT2D eigenvalue weighted by Crippen LogP contribution is 2.30. The smallest absolute Gasteiger partial charge is 0.229 e. The monoisotopic (exact) mass is 399 g/mol. The molecule has 0 fully saturated rings. The largest absolute Gasteiger partial charge is 0.339 e. The molecule has 0 aliphatic rings. The summed E-state index contributed by atoms with van der Waals surface area (Å²) in [6.07, 6.45) is 3.22. The van der Waals surface area contributed by atoms with Crippen molar-refractivity contribution in [2.45, 2.75) is 20.8 Å². The number of benzene rings is 1. The predicted octanol–water partition coefficient (Wildman–Crippen LogP) is 4.27. The first-order valence-electron chi connectivity index (χ1n) is 8.78. The van der Waals surface area contributed by atoms with Gasteiger partial charge in [-0.05, 0) is 25.1 Å². The van der Waals surface area contributed by atoms with Crippen LogP contribution in [0.15, 0.2) is 36.7 Å². The Morgan fingerprint density at radius 2 is 1.86 bits per heavy atom. The van der Waals surface area contributed by atoms with Crippen molar-refractivity contribution in [2.24, 2.45) is 5.92 Å². The third-order valence-electron chi connectivity index (χ3n) is 4.00. The van der Waals surface area contributed by atoms with Gasteiger partial charge in [-0.1, -0.05) is 25.4 Å². The van der Waals surface area contributed by atoms with Gasteiger partial charge in [0.2, 0.25) is 5.91 Å². The van der Waals surface area contributed by atoms with Crippen LogP contribution < -0.4 is 15.5 Å². The van der Waals surface area contributed by atoms with Gasteiger partial charge in [0, 0.05) is 30.4 Å². The van der Waals surface area contributed by atoms with E-state index in [1.165, 1.54) is 0 Å². The van der Waals surface area contributed by atoms with E-state index in [9.17, 15) is 4.79 Å². The van der Waals surface area contributed by atoms with Gasteiger partial charge in [0.05, 0.1) is 23.1 Å². The van der Waals surface area contributed by atoms with Crippen molar-refractivity contribution in [2.75, 3.05) is 22.6 Å². The van der Waals surface area contributed by atoms with E-state index in [0.717, 1.165) is 11.4 Å². The number of aryl methyl sites for hydroxylation is 1. The van der Waals surface area contributed by atoms with Crippen molar-refractivity contribution in [3.63, 3.8) is 0 Å². The van der Waals surface area contributed by atoms with E-state index in [0.29, 0.717) is 28.2 Å². The second-order valence-corrected chi connectivity index (χ2v) is 7.10. The zero-order valence-electron chi connectivity index (χ0n) is 16.1. The van der Waals surface area contributed by atoms with Crippen molar-refractivity contribution in [3.05, 3.63) is 47.4 Å². The zero-order chi connectivity index (χ0) is 20.3. The molecule has 3 aromatic rings. The van der Waals surface area contributed by atoms with E-state index >= 15 is 0 Å². The summed E-state index contributed by atoms with van der Waals surface area (Å²) < 4.78 is 0. The summed E-state index contributed by atoms with van der Waals surface area (Å²) in [4.78, 5) is 22.5. The molecule has 9 heteroatoms. The van der Waals surface area contributed by atoms with Crippen LogP contribution in [0.2, 0.25) is 5.02 Å². The van der Waals surface area contributed by atoms with Crippen molar-refractivity contribution < 1.29 is 4.79 Å². The molecule has 1 amide bonds. The summed E-state index contributed by atoms with van der Waals surface area (Å²) in [6.45, 7) is 5.62. The van der Waals surface area contributed by atoms with Crippen molar-refractivity contribution in [3.8, 4) is 0 Å². The average Bonchev–Trinajstić information content (AvgIpc) is 3.07. The molecule has 0 unspecified atom stereocenters. The average molecular weight is 400 g/mol. The fourth-order valence-corrected chi connectivity index (χ4v) is 2.85. The molecule has 3 N–H and O–H groups in total. The first kappa shape index (κ1) is 19.6. The lowest BCUT2D eigenvalue weighted by atomic mass is 10.1. The second kappa shape index (κ2) is 8.26. The summed E-state index contributed by atoms with van der Waals surface area (Å²) in [5, 5.41) is 13.8. The maximum Gasteiger partial charge on any atom is 0.229 e. The lowest BCUT2D eigenvalue weighted by Crippen LogP contribution is -2.30. The molecule has 0 aliphatic heterocycles. The van der Waals surface area contributed by atoms with E-state index < -0.39 is 0 Å². The third kappa shape index (κ3) is 4.58. The Labute approximate surface area is 168 Å². The first-order valence-corrected chi connectivity index (χ1v) is 9.16. The summed E-state index contributed by atoms with van der Waals surface area (Å²) in [5.41, 5.74) is 2.31. The molecule has 0 saturated carbocycles. The Kier molecular flexibility index (Phi) is 5.79. The number of nitrogens with one attached hydrogen (secondary N) is 3. The SMILES string of the molecule is Cc1cc(Nc2cncc(Nc3ccc(Cl)c(N(C)C(=O)C(C)C)c3)n2)n[nH]1. The number of hydrogen-bond acceptors (Lipinski definition) is 6. The topological polar surface area (TPSA) is 98.8 Å². The van der Waals surface area contributed by atoms with Gasteiger partial charge in [0.25, 0.3) is 0 Å². The van der Waals surface area contributed by atoms with Crippen LogP contribution in [-0.4, -0.2) is 33.1 Å². The quantitative estimate of drug-likeness (QED) is 0.572. The van der Waals surface area contributed by atoms with Crippen LogP contribution in [0.25, 0.3) is 0 Å². The van der Waals surface area contributed by atoms with Gasteiger partial charge >= 0.3 is 0 Å². The summed E-state index contributed by atoms with van der Waals surface area (Å²) in [6, 6.07) is 7.24. The highest BCUT2D eigenvalue weighted by molar-refractivity contribution is 6.34. The maximum absolute atomic E-state index is 12.3. The molecule has 146 valence electrons. The summed E-state index contributed by atoms with van der Waals surface area (Å²) in [7, 11) is 1.71. The van der Waals surface area contributed by atoms with E-state index in [1.807, 2.05) is 39.0 Å². The maximum atomic E-state index is 12.3. The molecule has 1 aromatic carbocycles. The molecule has 3 rings (SSSR count). The van der Waals surface area contributed by atoms with Crippen LogP contribution in [0.4, 0.5) is 28.8 Å². The molecule has 8 nitrogen and oxygen atoms in total. The van der Waals surface area contributed by atoms with Gasteiger partial charge < -0.3 is 15.5 Å². The Hall–Kier alpha value is -3.13. The predicted molar refractivity (Wildman–Crippen MR) is 112 cm³/mol. The Morgan fingerprint density at radius 1 is 1.14 bits per heavy atom. The Morgan fingerprint density at radius 3 is 2.50 bits per heavy atom. The van der Waals surface area contributed by atoms with Gasteiger partial charge in [-0.25, -0.2) is 4.98 Å². The minimum absolute atomic E-state index is 0.0145. The molecule has 28 heavy (non-hydrogen) atoms. The molecule has 2 heterocycles.